The maximum absolute atomic E-state index is 12.7. The Kier molecular flexibility index (Phi) is 5.51. The highest BCUT2D eigenvalue weighted by molar-refractivity contribution is 5.78. The summed E-state index contributed by atoms with van der Waals surface area (Å²) < 4.78 is 5.77. The number of nitrogens with zero attached hydrogens (tertiary/aromatic N) is 2. The second-order valence-corrected chi connectivity index (χ2v) is 6.67. The molecule has 1 saturated carbocycles. The van der Waals surface area contributed by atoms with E-state index in [0.717, 1.165) is 24.8 Å². The van der Waals surface area contributed by atoms with Crippen LogP contribution in [0.5, 0.6) is 0 Å². The predicted octanol–water partition coefficient (Wildman–Crippen LogP) is 2.21. The van der Waals surface area contributed by atoms with Crippen LogP contribution in [0.25, 0.3) is 0 Å². The van der Waals surface area contributed by atoms with Crippen LogP contribution in [0, 0.1) is 0 Å². The molecule has 1 aromatic rings. The van der Waals surface area contributed by atoms with E-state index < -0.39 is 0 Å². The molecule has 1 heterocycles. The second kappa shape index (κ2) is 7.79. The van der Waals surface area contributed by atoms with E-state index in [-0.39, 0.29) is 24.0 Å². The minimum atomic E-state index is 0.00683. The largest absolute Gasteiger partial charge is 0.374 e. The van der Waals surface area contributed by atoms with E-state index in [1.165, 1.54) is 0 Å². The number of hydrogen-bond acceptors (Lipinski definition) is 3. The van der Waals surface area contributed by atoms with Gasteiger partial charge in [0, 0.05) is 33.0 Å². The van der Waals surface area contributed by atoms with E-state index >= 15 is 0 Å². The van der Waals surface area contributed by atoms with Gasteiger partial charge in [-0.25, -0.2) is 0 Å². The summed E-state index contributed by atoms with van der Waals surface area (Å²) in [6.45, 7) is 3.90. The van der Waals surface area contributed by atoms with Crippen LogP contribution >= 0.6 is 0 Å². The molecule has 24 heavy (non-hydrogen) atoms. The first-order chi connectivity index (χ1) is 11.6. The number of ether oxygens (including phenoxy) is 1. The minimum absolute atomic E-state index is 0.00683. The Bertz CT molecular complexity index is 575. The molecule has 0 bridgehead atoms. The summed E-state index contributed by atoms with van der Waals surface area (Å²) in [6.07, 6.45) is 3.83. The lowest BCUT2D eigenvalue weighted by atomic mass is 10.1. The van der Waals surface area contributed by atoms with Crippen molar-refractivity contribution in [1.82, 2.24) is 9.80 Å². The molecule has 0 N–H and O–H groups in total. The van der Waals surface area contributed by atoms with Gasteiger partial charge in [-0.1, -0.05) is 30.3 Å². The third-order valence-corrected chi connectivity index (χ3v) is 5.06. The van der Waals surface area contributed by atoms with Crippen molar-refractivity contribution in [2.45, 2.75) is 51.3 Å². The monoisotopic (exact) mass is 330 g/mol. The summed E-state index contributed by atoms with van der Waals surface area (Å²) in [5, 5.41) is 0. The Morgan fingerprint density at radius 1 is 1.25 bits per heavy atom. The molecule has 2 unspecified atom stereocenters. The first kappa shape index (κ1) is 17.0. The topological polar surface area (TPSA) is 49.9 Å². The Morgan fingerprint density at radius 2 is 2.04 bits per heavy atom. The SMILES string of the molecule is CC(=O)N(CCC(=O)N1CCOC2CCCC21)Cc1ccccc1. The zero-order valence-electron chi connectivity index (χ0n) is 14.3. The van der Waals surface area contributed by atoms with Gasteiger partial charge in [0.05, 0.1) is 18.8 Å². The van der Waals surface area contributed by atoms with E-state index in [1.807, 2.05) is 35.2 Å². The van der Waals surface area contributed by atoms with Gasteiger partial charge in [0.15, 0.2) is 0 Å². The van der Waals surface area contributed by atoms with Crippen LogP contribution in [0.15, 0.2) is 30.3 Å². The molecule has 0 radical (unpaired) electrons. The van der Waals surface area contributed by atoms with Crippen molar-refractivity contribution in [2.24, 2.45) is 0 Å². The van der Waals surface area contributed by atoms with Crippen molar-refractivity contribution in [3.63, 3.8) is 0 Å². The summed E-state index contributed by atoms with van der Waals surface area (Å²) in [4.78, 5) is 28.3. The Morgan fingerprint density at radius 3 is 2.79 bits per heavy atom. The highest BCUT2D eigenvalue weighted by atomic mass is 16.5. The summed E-state index contributed by atoms with van der Waals surface area (Å²) in [6, 6.07) is 10.1. The average molecular weight is 330 g/mol. The van der Waals surface area contributed by atoms with Gasteiger partial charge in [0.1, 0.15) is 0 Å². The maximum atomic E-state index is 12.7. The predicted molar refractivity (Wildman–Crippen MR) is 91.2 cm³/mol. The van der Waals surface area contributed by atoms with Gasteiger partial charge in [-0.05, 0) is 24.8 Å². The van der Waals surface area contributed by atoms with Gasteiger partial charge < -0.3 is 14.5 Å². The first-order valence-electron chi connectivity index (χ1n) is 8.85. The lowest BCUT2D eigenvalue weighted by Gasteiger charge is -2.38. The molecule has 0 aromatic heterocycles. The van der Waals surface area contributed by atoms with Crippen molar-refractivity contribution >= 4 is 11.8 Å². The van der Waals surface area contributed by atoms with Gasteiger partial charge in [-0.15, -0.1) is 0 Å². The van der Waals surface area contributed by atoms with Crippen LogP contribution in [0.2, 0.25) is 0 Å². The van der Waals surface area contributed by atoms with Crippen LogP contribution < -0.4 is 0 Å². The zero-order chi connectivity index (χ0) is 16.9. The molecule has 3 rings (SSSR count). The Labute approximate surface area is 143 Å². The molecule has 1 aliphatic carbocycles. The van der Waals surface area contributed by atoms with Crippen LogP contribution in [0.1, 0.15) is 38.2 Å². The van der Waals surface area contributed by atoms with Crippen molar-refractivity contribution in [3.05, 3.63) is 35.9 Å². The highest BCUT2D eigenvalue weighted by Crippen LogP contribution is 2.30. The molecule has 2 amide bonds. The normalized spacial score (nSPS) is 23.0. The summed E-state index contributed by atoms with van der Waals surface area (Å²) >= 11 is 0. The molecular formula is C19H26N2O3. The number of hydrogen-bond donors (Lipinski definition) is 0. The smallest absolute Gasteiger partial charge is 0.224 e. The summed E-state index contributed by atoms with van der Waals surface area (Å²) in [7, 11) is 0. The average Bonchev–Trinajstić information content (AvgIpc) is 3.07. The number of amides is 2. The fourth-order valence-corrected chi connectivity index (χ4v) is 3.76. The summed E-state index contributed by atoms with van der Waals surface area (Å²) in [5.41, 5.74) is 1.09. The van der Waals surface area contributed by atoms with Gasteiger partial charge in [0.25, 0.3) is 0 Å². The first-order valence-corrected chi connectivity index (χ1v) is 8.85. The molecule has 5 heteroatoms. The molecule has 5 nitrogen and oxygen atoms in total. The molecule has 0 spiro atoms. The number of carbonyl (C=O) groups is 2. The van der Waals surface area contributed by atoms with Crippen molar-refractivity contribution in [3.8, 4) is 0 Å². The second-order valence-electron chi connectivity index (χ2n) is 6.67. The molecule has 130 valence electrons. The standard InChI is InChI=1S/C19H26N2O3/c1-15(22)20(14-16-6-3-2-4-7-16)11-10-19(23)21-12-13-24-18-9-5-8-17(18)21/h2-4,6-7,17-18H,5,8-14H2,1H3. The van der Waals surface area contributed by atoms with E-state index in [4.69, 9.17) is 4.74 Å². The number of fused-ring (bicyclic) bond motifs is 1. The number of benzene rings is 1. The van der Waals surface area contributed by atoms with E-state index in [0.29, 0.717) is 32.7 Å². The van der Waals surface area contributed by atoms with Gasteiger partial charge in [-0.2, -0.15) is 0 Å². The molecule has 2 aliphatic rings. The lowest BCUT2D eigenvalue weighted by Crippen LogP contribution is -2.51. The number of carbonyl (C=O) groups excluding carboxylic acids is 2. The van der Waals surface area contributed by atoms with Crippen LogP contribution in [0.3, 0.4) is 0 Å². The third-order valence-electron chi connectivity index (χ3n) is 5.06. The van der Waals surface area contributed by atoms with Crippen molar-refractivity contribution < 1.29 is 14.3 Å². The number of morpholine rings is 1. The molecule has 1 saturated heterocycles. The quantitative estimate of drug-likeness (QED) is 0.832. The molecule has 2 atom stereocenters. The minimum Gasteiger partial charge on any atom is -0.374 e. The maximum Gasteiger partial charge on any atom is 0.224 e. The highest BCUT2D eigenvalue weighted by Gasteiger charge is 2.38. The Balaban J connectivity index is 1.56. The van der Waals surface area contributed by atoms with Gasteiger partial charge in [0.2, 0.25) is 11.8 Å². The molecule has 1 aromatic carbocycles. The van der Waals surface area contributed by atoms with Crippen LogP contribution in [0.4, 0.5) is 0 Å². The Hall–Kier alpha value is -1.88. The molecule has 2 fully saturated rings. The lowest BCUT2D eigenvalue weighted by molar-refractivity contribution is -0.144. The molecular weight excluding hydrogens is 304 g/mol. The fraction of sp³-hybridized carbons (Fsp3) is 0.579. The van der Waals surface area contributed by atoms with E-state index in [2.05, 4.69) is 0 Å². The van der Waals surface area contributed by atoms with Crippen molar-refractivity contribution in [1.29, 1.82) is 0 Å². The van der Waals surface area contributed by atoms with Crippen LogP contribution in [-0.4, -0.2) is 53.5 Å². The van der Waals surface area contributed by atoms with Gasteiger partial charge >= 0.3 is 0 Å². The van der Waals surface area contributed by atoms with E-state index in [9.17, 15) is 9.59 Å². The van der Waals surface area contributed by atoms with E-state index in [1.54, 1.807) is 11.8 Å². The number of rotatable bonds is 5. The molecule has 1 aliphatic heterocycles. The van der Waals surface area contributed by atoms with Crippen LogP contribution in [-0.2, 0) is 20.9 Å². The summed E-state index contributed by atoms with van der Waals surface area (Å²) in [5.74, 6) is 0.155. The zero-order valence-corrected chi connectivity index (χ0v) is 14.3. The van der Waals surface area contributed by atoms with Gasteiger partial charge in [-0.3, -0.25) is 9.59 Å². The van der Waals surface area contributed by atoms with Crippen molar-refractivity contribution in [2.75, 3.05) is 19.7 Å². The third kappa shape index (κ3) is 3.96. The fourth-order valence-electron chi connectivity index (χ4n) is 3.76.